The van der Waals surface area contributed by atoms with E-state index in [0.717, 1.165) is 23.0 Å². The van der Waals surface area contributed by atoms with Crippen molar-refractivity contribution in [3.05, 3.63) is 83.4 Å². The van der Waals surface area contributed by atoms with Crippen LogP contribution in [0.5, 0.6) is 0 Å². The van der Waals surface area contributed by atoms with E-state index in [2.05, 4.69) is 15.4 Å². The van der Waals surface area contributed by atoms with Crippen LogP contribution in [0.25, 0.3) is 16.9 Å². The van der Waals surface area contributed by atoms with Gasteiger partial charge in [0.2, 0.25) is 0 Å². The van der Waals surface area contributed by atoms with Crippen molar-refractivity contribution in [3.8, 4) is 11.3 Å². The number of rotatable bonds is 3. The summed E-state index contributed by atoms with van der Waals surface area (Å²) in [6, 6.07) is 14.6. The largest absolute Gasteiger partial charge is 0.321 e. The summed E-state index contributed by atoms with van der Waals surface area (Å²) in [6.07, 6.45) is 3.38. The monoisotopic (exact) mass is 366 g/mol. The van der Waals surface area contributed by atoms with Gasteiger partial charge in [0.25, 0.3) is 5.91 Å². The van der Waals surface area contributed by atoms with E-state index in [9.17, 15) is 9.18 Å². The highest BCUT2D eigenvalue weighted by Crippen LogP contribution is 2.24. The highest BCUT2D eigenvalue weighted by atomic mass is 35.5. The summed E-state index contributed by atoms with van der Waals surface area (Å²) >= 11 is 5.96. The lowest BCUT2D eigenvalue weighted by Crippen LogP contribution is -2.12. The van der Waals surface area contributed by atoms with Crippen molar-refractivity contribution in [2.24, 2.45) is 0 Å². The van der Waals surface area contributed by atoms with Crippen LogP contribution in [-0.4, -0.2) is 20.5 Å². The Bertz CT molecular complexity index is 1130. The van der Waals surface area contributed by atoms with Crippen molar-refractivity contribution in [2.45, 2.75) is 0 Å². The van der Waals surface area contributed by atoms with Crippen LogP contribution in [0.15, 0.2) is 67.0 Å². The van der Waals surface area contributed by atoms with E-state index in [-0.39, 0.29) is 10.9 Å². The van der Waals surface area contributed by atoms with Gasteiger partial charge in [0.1, 0.15) is 5.82 Å². The van der Waals surface area contributed by atoms with Crippen LogP contribution in [-0.2, 0) is 0 Å². The van der Waals surface area contributed by atoms with Crippen LogP contribution < -0.4 is 5.32 Å². The van der Waals surface area contributed by atoms with Crippen LogP contribution in [0.4, 0.5) is 10.1 Å². The molecule has 0 fully saturated rings. The number of benzene rings is 2. The molecule has 0 atom stereocenters. The van der Waals surface area contributed by atoms with Gasteiger partial charge in [0.05, 0.1) is 22.6 Å². The molecule has 0 aliphatic carbocycles. The van der Waals surface area contributed by atoms with Gasteiger partial charge in [-0.2, -0.15) is 5.10 Å². The number of hydrogen-bond acceptors (Lipinski definition) is 3. The highest BCUT2D eigenvalue weighted by molar-refractivity contribution is 6.33. The fraction of sp³-hybridized carbons (Fsp3) is 0. The number of fused-ring (bicyclic) bond motifs is 1. The van der Waals surface area contributed by atoms with Crippen molar-refractivity contribution >= 4 is 28.8 Å². The maximum atomic E-state index is 13.1. The van der Waals surface area contributed by atoms with Gasteiger partial charge >= 0.3 is 0 Å². The molecule has 0 aliphatic rings. The Morgan fingerprint density at radius 1 is 1.12 bits per heavy atom. The van der Waals surface area contributed by atoms with Gasteiger partial charge in [0, 0.05) is 17.3 Å². The topological polar surface area (TPSA) is 59.3 Å². The third kappa shape index (κ3) is 3.02. The van der Waals surface area contributed by atoms with Crippen molar-refractivity contribution in [3.63, 3.8) is 0 Å². The second-order valence-corrected chi connectivity index (χ2v) is 6.00. The summed E-state index contributed by atoms with van der Waals surface area (Å²) in [5.74, 6) is -0.808. The first-order valence-corrected chi connectivity index (χ1v) is 8.15. The van der Waals surface area contributed by atoms with Gasteiger partial charge in [-0.05, 0) is 42.5 Å². The van der Waals surface area contributed by atoms with Gasteiger partial charge < -0.3 is 5.32 Å². The summed E-state index contributed by atoms with van der Waals surface area (Å²) in [6.45, 7) is 0. The summed E-state index contributed by atoms with van der Waals surface area (Å²) in [5.41, 5.74) is 3.08. The summed E-state index contributed by atoms with van der Waals surface area (Å²) in [5, 5.41) is 7.11. The lowest BCUT2D eigenvalue weighted by Gasteiger charge is -2.08. The normalized spacial score (nSPS) is 10.8. The summed E-state index contributed by atoms with van der Waals surface area (Å²) in [7, 11) is 0. The number of hydrogen-bond donors (Lipinski definition) is 1. The lowest BCUT2D eigenvalue weighted by molar-refractivity contribution is 0.102. The third-order valence-corrected chi connectivity index (χ3v) is 4.19. The predicted molar refractivity (Wildman–Crippen MR) is 97.8 cm³/mol. The highest BCUT2D eigenvalue weighted by Gasteiger charge is 2.12. The summed E-state index contributed by atoms with van der Waals surface area (Å²) < 4.78 is 14.8. The number of imidazole rings is 1. The number of nitrogens with one attached hydrogen (secondary N) is 1. The zero-order valence-electron chi connectivity index (χ0n) is 13.4. The van der Waals surface area contributed by atoms with E-state index in [1.807, 2.05) is 18.2 Å². The average molecular weight is 367 g/mol. The van der Waals surface area contributed by atoms with E-state index in [1.54, 1.807) is 35.1 Å². The molecule has 0 unspecified atom stereocenters. The van der Waals surface area contributed by atoms with Crippen LogP contribution in [0.3, 0.4) is 0 Å². The molecule has 2 aromatic carbocycles. The molecule has 7 heteroatoms. The number of nitrogens with zero attached hydrogens (tertiary/aromatic N) is 3. The fourth-order valence-electron chi connectivity index (χ4n) is 2.63. The Kier molecular flexibility index (Phi) is 4.10. The Balaban J connectivity index is 1.66. The number of amides is 1. The van der Waals surface area contributed by atoms with E-state index in [4.69, 9.17) is 11.6 Å². The molecular formula is C19H12ClFN4O. The van der Waals surface area contributed by atoms with Crippen LogP contribution in [0.2, 0.25) is 5.02 Å². The molecule has 4 aromatic rings. The molecule has 5 nitrogen and oxygen atoms in total. The van der Waals surface area contributed by atoms with Crippen LogP contribution in [0, 0.1) is 5.82 Å². The van der Waals surface area contributed by atoms with Crippen molar-refractivity contribution in [2.75, 3.05) is 5.32 Å². The Morgan fingerprint density at radius 2 is 2.00 bits per heavy atom. The Morgan fingerprint density at radius 3 is 2.85 bits per heavy atom. The first kappa shape index (κ1) is 16.2. The van der Waals surface area contributed by atoms with Crippen LogP contribution >= 0.6 is 11.6 Å². The number of carbonyl (C=O) groups excluding carboxylic acids is 1. The van der Waals surface area contributed by atoms with E-state index in [0.29, 0.717) is 11.3 Å². The minimum absolute atomic E-state index is 0.139. The first-order chi connectivity index (χ1) is 12.6. The van der Waals surface area contributed by atoms with Gasteiger partial charge in [-0.3, -0.25) is 4.79 Å². The molecule has 2 heterocycles. The van der Waals surface area contributed by atoms with Gasteiger partial charge in [-0.1, -0.05) is 23.7 Å². The predicted octanol–water partition coefficient (Wildman–Crippen LogP) is 4.44. The maximum absolute atomic E-state index is 13.1. The standard InChI is InChI=1S/C19H12ClFN4O/c20-15-10-14(21)6-7-16(15)24-19(26)13-4-1-3-12(9-13)17-11-22-18-5-2-8-23-25(17)18/h1-11H,(H,24,26). The second-order valence-electron chi connectivity index (χ2n) is 5.60. The fourth-order valence-corrected chi connectivity index (χ4v) is 2.85. The molecule has 26 heavy (non-hydrogen) atoms. The molecule has 4 rings (SSSR count). The number of halogens is 2. The number of aromatic nitrogens is 3. The molecule has 0 aliphatic heterocycles. The van der Waals surface area contributed by atoms with Gasteiger partial charge in [-0.25, -0.2) is 13.9 Å². The third-order valence-electron chi connectivity index (χ3n) is 3.88. The quantitative estimate of drug-likeness (QED) is 0.583. The molecule has 0 spiro atoms. The van der Waals surface area contributed by atoms with Crippen molar-refractivity contribution < 1.29 is 9.18 Å². The maximum Gasteiger partial charge on any atom is 0.255 e. The molecular weight excluding hydrogens is 355 g/mol. The lowest BCUT2D eigenvalue weighted by atomic mass is 10.1. The minimum Gasteiger partial charge on any atom is -0.321 e. The van der Waals surface area contributed by atoms with E-state index < -0.39 is 5.82 Å². The molecule has 128 valence electrons. The molecule has 2 aromatic heterocycles. The average Bonchev–Trinajstić information content (AvgIpc) is 3.08. The van der Waals surface area contributed by atoms with Crippen LogP contribution in [0.1, 0.15) is 10.4 Å². The number of carbonyl (C=O) groups is 1. The zero-order chi connectivity index (χ0) is 18.1. The smallest absolute Gasteiger partial charge is 0.255 e. The first-order valence-electron chi connectivity index (χ1n) is 7.77. The molecule has 0 radical (unpaired) electrons. The molecule has 1 amide bonds. The summed E-state index contributed by atoms with van der Waals surface area (Å²) in [4.78, 5) is 16.8. The second kappa shape index (κ2) is 6.57. The molecule has 0 bridgehead atoms. The molecule has 0 saturated heterocycles. The molecule has 0 saturated carbocycles. The number of anilines is 1. The zero-order valence-corrected chi connectivity index (χ0v) is 14.1. The molecule has 1 N–H and O–H groups in total. The SMILES string of the molecule is O=C(Nc1ccc(F)cc1Cl)c1cccc(-c2cnc3cccnn23)c1. The van der Waals surface area contributed by atoms with Gasteiger partial charge in [0.15, 0.2) is 5.65 Å². The van der Waals surface area contributed by atoms with E-state index in [1.165, 1.54) is 12.1 Å². The van der Waals surface area contributed by atoms with Crippen molar-refractivity contribution in [1.82, 2.24) is 14.6 Å². The Labute approximate surface area is 153 Å². The minimum atomic E-state index is -0.463. The van der Waals surface area contributed by atoms with Crippen molar-refractivity contribution in [1.29, 1.82) is 0 Å². The van der Waals surface area contributed by atoms with E-state index >= 15 is 0 Å². The van der Waals surface area contributed by atoms with Gasteiger partial charge in [-0.15, -0.1) is 0 Å². The Hall–Kier alpha value is -3.25.